The Labute approximate surface area is 143 Å². The number of rotatable bonds is 5. The quantitative estimate of drug-likeness (QED) is 0.867. The summed E-state index contributed by atoms with van der Waals surface area (Å²) in [7, 11) is 0. The van der Waals surface area contributed by atoms with Gasteiger partial charge in [0.2, 0.25) is 5.91 Å². The summed E-state index contributed by atoms with van der Waals surface area (Å²) in [5.74, 6) is -0.0973. The van der Waals surface area contributed by atoms with Crippen molar-refractivity contribution in [3.63, 3.8) is 0 Å². The number of hydrogen-bond donors (Lipinski definition) is 2. The Morgan fingerprint density at radius 1 is 1.38 bits per heavy atom. The van der Waals surface area contributed by atoms with Crippen molar-refractivity contribution >= 4 is 5.91 Å². The maximum atomic E-state index is 12.9. The number of benzene rings is 1. The van der Waals surface area contributed by atoms with Gasteiger partial charge in [0.05, 0.1) is 12.1 Å². The molecule has 1 aliphatic carbocycles. The van der Waals surface area contributed by atoms with Gasteiger partial charge in [0.15, 0.2) is 0 Å². The lowest BCUT2D eigenvalue weighted by Gasteiger charge is -2.57. The predicted molar refractivity (Wildman–Crippen MR) is 92.4 cm³/mol. The van der Waals surface area contributed by atoms with E-state index in [1.807, 2.05) is 51.1 Å². The van der Waals surface area contributed by atoms with E-state index in [1.165, 1.54) is 0 Å². The van der Waals surface area contributed by atoms with Crippen LogP contribution in [0.1, 0.15) is 45.3 Å². The van der Waals surface area contributed by atoms with Crippen molar-refractivity contribution in [2.45, 2.75) is 57.4 Å². The zero-order valence-corrected chi connectivity index (χ0v) is 14.7. The second-order valence-electron chi connectivity index (χ2n) is 7.41. The molecule has 1 saturated carbocycles. The van der Waals surface area contributed by atoms with E-state index >= 15 is 0 Å². The van der Waals surface area contributed by atoms with Crippen LogP contribution in [0.4, 0.5) is 0 Å². The number of nitrogens with one attached hydrogen (secondary N) is 1. The van der Waals surface area contributed by atoms with Gasteiger partial charge in [-0.15, -0.1) is 0 Å². The van der Waals surface area contributed by atoms with Crippen LogP contribution in [0.5, 0.6) is 0 Å². The number of ether oxygens (including phenoxy) is 2. The van der Waals surface area contributed by atoms with E-state index < -0.39 is 5.54 Å². The minimum absolute atomic E-state index is 0.0306. The van der Waals surface area contributed by atoms with Crippen LogP contribution in [0.25, 0.3) is 0 Å². The Morgan fingerprint density at radius 3 is 2.71 bits per heavy atom. The lowest BCUT2D eigenvalue weighted by Crippen LogP contribution is -2.76. The standard InChI is InChI=1S/C19H28N2O3/c1-4-23-15-12-19(20,18(15,2)3)17(22)21-14-10-11-24-16(14)13-8-6-5-7-9-13/h5-9,14-16H,4,10-12,20H2,1-3H3,(H,21,22). The van der Waals surface area contributed by atoms with E-state index in [9.17, 15) is 4.79 Å². The summed E-state index contributed by atoms with van der Waals surface area (Å²) in [5.41, 5.74) is 6.29. The summed E-state index contributed by atoms with van der Waals surface area (Å²) in [6.45, 7) is 7.27. The zero-order valence-electron chi connectivity index (χ0n) is 14.7. The summed E-state index contributed by atoms with van der Waals surface area (Å²) < 4.78 is 11.6. The van der Waals surface area contributed by atoms with E-state index in [0.717, 1.165) is 12.0 Å². The van der Waals surface area contributed by atoms with Gasteiger partial charge in [-0.2, -0.15) is 0 Å². The molecule has 0 spiro atoms. The summed E-state index contributed by atoms with van der Waals surface area (Å²) in [6, 6.07) is 9.98. The van der Waals surface area contributed by atoms with Crippen LogP contribution in [0.15, 0.2) is 30.3 Å². The second-order valence-corrected chi connectivity index (χ2v) is 7.41. The normalized spacial score (nSPS) is 34.6. The molecule has 24 heavy (non-hydrogen) atoms. The van der Waals surface area contributed by atoms with Gasteiger partial charge in [0.1, 0.15) is 11.6 Å². The second kappa shape index (κ2) is 6.47. The molecule has 0 aromatic heterocycles. The molecule has 1 amide bonds. The smallest absolute Gasteiger partial charge is 0.241 e. The van der Waals surface area contributed by atoms with Crippen molar-refractivity contribution < 1.29 is 14.3 Å². The molecule has 1 aliphatic heterocycles. The van der Waals surface area contributed by atoms with E-state index in [-0.39, 0.29) is 29.6 Å². The molecule has 4 atom stereocenters. The highest BCUT2D eigenvalue weighted by Crippen LogP contribution is 2.50. The van der Waals surface area contributed by atoms with E-state index in [2.05, 4.69) is 5.32 Å². The maximum absolute atomic E-state index is 12.9. The highest BCUT2D eigenvalue weighted by molar-refractivity contribution is 5.89. The van der Waals surface area contributed by atoms with Crippen molar-refractivity contribution in [3.05, 3.63) is 35.9 Å². The number of carbonyl (C=O) groups excluding carboxylic acids is 1. The molecule has 3 rings (SSSR count). The van der Waals surface area contributed by atoms with Gasteiger partial charge >= 0.3 is 0 Å². The Balaban J connectivity index is 1.69. The first-order valence-electron chi connectivity index (χ1n) is 8.78. The minimum atomic E-state index is -0.892. The summed E-state index contributed by atoms with van der Waals surface area (Å²) >= 11 is 0. The fourth-order valence-electron chi connectivity index (χ4n) is 3.83. The van der Waals surface area contributed by atoms with E-state index in [4.69, 9.17) is 15.2 Å². The third-order valence-corrected chi connectivity index (χ3v) is 5.77. The molecule has 5 nitrogen and oxygen atoms in total. The number of amides is 1. The van der Waals surface area contributed by atoms with Gasteiger partial charge in [-0.3, -0.25) is 4.79 Å². The number of nitrogens with two attached hydrogens (primary N) is 1. The Bertz CT molecular complexity index is 590. The SMILES string of the molecule is CCOC1CC(N)(C(=O)NC2CCOC2c2ccccc2)C1(C)C. The van der Waals surface area contributed by atoms with Crippen LogP contribution in [-0.2, 0) is 14.3 Å². The highest BCUT2D eigenvalue weighted by Gasteiger charge is 2.63. The minimum Gasteiger partial charge on any atom is -0.378 e. The monoisotopic (exact) mass is 332 g/mol. The van der Waals surface area contributed by atoms with Crippen molar-refractivity contribution in [2.24, 2.45) is 11.1 Å². The molecule has 1 aromatic carbocycles. The molecule has 2 aliphatic rings. The van der Waals surface area contributed by atoms with Crippen LogP contribution in [0.2, 0.25) is 0 Å². The molecule has 3 N–H and O–H groups in total. The van der Waals surface area contributed by atoms with E-state index in [0.29, 0.717) is 19.6 Å². The molecule has 0 bridgehead atoms. The first kappa shape index (κ1) is 17.4. The van der Waals surface area contributed by atoms with Crippen LogP contribution in [-0.4, -0.2) is 36.8 Å². The van der Waals surface area contributed by atoms with Gasteiger partial charge in [-0.1, -0.05) is 44.2 Å². The highest BCUT2D eigenvalue weighted by atomic mass is 16.5. The largest absolute Gasteiger partial charge is 0.378 e. The predicted octanol–water partition coefficient (Wildman–Crippen LogP) is 2.17. The van der Waals surface area contributed by atoms with Crippen LogP contribution in [0, 0.1) is 5.41 Å². The zero-order chi connectivity index (χ0) is 17.4. The van der Waals surface area contributed by atoms with Crippen molar-refractivity contribution in [2.75, 3.05) is 13.2 Å². The van der Waals surface area contributed by atoms with Crippen LogP contribution >= 0.6 is 0 Å². The molecule has 2 fully saturated rings. The van der Waals surface area contributed by atoms with Gasteiger partial charge in [-0.25, -0.2) is 0 Å². The summed E-state index contributed by atoms with van der Waals surface area (Å²) in [5, 5.41) is 3.14. The third kappa shape index (κ3) is 2.75. The molecule has 1 heterocycles. The molecule has 0 radical (unpaired) electrons. The molecule has 132 valence electrons. The Hall–Kier alpha value is -1.43. The average Bonchev–Trinajstić information content (AvgIpc) is 3.03. The van der Waals surface area contributed by atoms with Crippen LogP contribution in [0.3, 0.4) is 0 Å². The average molecular weight is 332 g/mol. The number of carbonyl (C=O) groups is 1. The van der Waals surface area contributed by atoms with Crippen molar-refractivity contribution in [1.29, 1.82) is 0 Å². The first-order chi connectivity index (χ1) is 11.4. The molecule has 1 aromatic rings. The molecular weight excluding hydrogens is 304 g/mol. The summed E-state index contributed by atoms with van der Waals surface area (Å²) in [6.07, 6.45) is 1.28. The van der Waals surface area contributed by atoms with Crippen molar-refractivity contribution in [3.8, 4) is 0 Å². The number of hydrogen-bond acceptors (Lipinski definition) is 4. The van der Waals surface area contributed by atoms with Gasteiger partial charge in [0.25, 0.3) is 0 Å². The summed E-state index contributed by atoms with van der Waals surface area (Å²) in [4.78, 5) is 12.9. The first-order valence-corrected chi connectivity index (χ1v) is 8.78. The lowest BCUT2D eigenvalue weighted by molar-refractivity contribution is -0.171. The van der Waals surface area contributed by atoms with Crippen LogP contribution < -0.4 is 11.1 Å². The molecule has 4 unspecified atom stereocenters. The lowest BCUT2D eigenvalue weighted by atomic mass is 9.54. The fourth-order valence-corrected chi connectivity index (χ4v) is 3.83. The Kier molecular flexibility index (Phi) is 4.69. The molecule has 5 heteroatoms. The third-order valence-electron chi connectivity index (χ3n) is 5.77. The fraction of sp³-hybridized carbons (Fsp3) is 0.632. The van der Waals surface area contributed by atoms with E-state index in [1.54, 1.807) is 0 Å². The topological polar surface area (TPSA) is 73.6 Å². The molecular formula is C19H28N2O3. The van der Waals surface area contributed by atoms with Gasteiger partial charge in [0, 0.05) is 25.0 Å². The maximum Gasteiger partial charge on any atom is 0.241 e. The van der Waals surface area contributed by atoms with Gasteiger partial charge in [-0.05, 0) is 18.9 Å². The van der Waals surface area contributed by atoms with Crippen molar-refractivity contribution in [1.82, 2.24) is 5.32 Å². The Morgan fingerprint density at radius 2 is 2.08 bits per heavy atom. The van der Waals surface area contributed by atoms with Gasteiger partial charge < -0.3 is 20.5 Å². The molecule has 1 saturated heterocycles.